The first-order valence-corrected chi connectivity index (χ1v) is 9.07. The molecule has 1 aliphatic rings. The van der Waals surface area contributed by atoms with Crippen molar-refractivity contribution in [3.63, 3.8) is 0 Å². The van der Waals surface area contributed by atoms with Crippen LogP contribution in [0.15, 0.2) is 24.3 Å². The van der Waals surface area contributed by atoms with Gasteiger partial charge in [0, 0.05) is 19.5 Å². The zero-order valence-electron chi connectivity index (χ0n) is 15.9. The Morgan fingerprint density at radius 2 is 2.27 bits per heavy atom. The number of ether oxygens (including phenoxy) is 2. The van der Waals surface area contributed by atoms with E-state index in [1.807, 2.05) is 31.3 Å². The molecule has 3 rings (SSSR count). The van der Waals surface area contributed by atoms with Crippen LogP contribution in [-0.4, -0.2) is 35.9 Å². The third-order valence-electron chi connectivity index (χ3n) is 4.58. The molecule has 1 amide bonds. The summed E-state index contributed by atoms with van der Waals surface area (Å²) < 4.78 is 12.9. The maximum absolute atomic E-state index is 12.5. The maximum Gasteiger partial charge on any atom is 0.269 e. The smallest absolute Gasteiger partial charge is 0.269 e. The van der Waals surface area contributed by atoms with Gasteiger partial charge in [-0.25, -0.2) is 0 Å². The van der Waals surface area contributed by atoms with Crippen LogP contribution in [0.4, 0.5) is 0 Å². The number of fused-ring (bicyclic) bond motifs is 1. The number of para-hydroxylation sites is 1. The zero-order chi connectivity index (χ0) is 18.7. The van der Waals surface area contributed by atoms with Crippen molar-refractivity contribution >= 4 is 5.91 Å². The number of hydrogen-bond donors (Lipinski definition) is 1. The van der Waals surface area contributed by atoms with Gasteiger partial charge >= 0.3 is 0 Å². The lowest BCUT2D eigenvalue weighted by Crippen LogP contribution is -2.35. The molecule has 1 N–H and O–H groups in total. The lowest BCUT2D eigenvalue weighted by molar-refractivity contribution is 0.0929. The Labute approximate surface area is 154 Å². The van der Waals surface area contributed by atoms with Gasteiger partial charge in [-0.3, -0.25) is 9.48 Å². The molecule has 0 radical (unpaired) electrons. The van der Waals surface area contributed by atoms with Gasteiger partial charge in [-0.05, 0) is 36.5 Å². The van der Waals surface area contributed by atoms with E-state index in [1.165, 1.54) is 0 Å². The molecule has 6 heteroatoms. The monoisotopic (exact) mass is 357 g/mol. The van der Waals surface area contributed by atoms with Gasteiger partial charge in [-0.1, -0.05) is 26.0 Å². The Bertz CT molecular complexity index is 783. The van der Waals surface area contributed by atoms with Crippen molar-refractivity contribution < 1.29 is 14.3 Å². The van der Waals surface area contributed by atoms with Crippen LogP contribution in [0.3, 0.4) is 0 Å². The summed E-state index contributed by atoms with van der Waals surface area (Å²) in [6, 6.07) is 7.80. The zero-order valence-corrected chi connectivity index (χ0v) is 15.9. The molecule has 26 heavy (non-hydrogen) atoms. The molecule has 0 fully saturated rings. The first kappa shape index (κ1) is 18.3. The predicted molar refractivity (Wildman–Crippen MR) is 99.8 cm³/mol. The number of nitrogens with zero attached hydrogens (tertiary/aromatic N) is 2. The van der Waals surface area contributed by atoms with Crippen molar-refractivity contribution in [1.29, 1.82) is 0 Å². The summed E-state index contributed by atoms with van der Waals surface area (Å²) in [5, 5.41) is 7.46. The van der Waals surface area contributed by atoms with E-state index in [1.54, 1.807) is 11.8 Å². The van der Waals surface area contributed by atoms with Crippen molar-refractivity contribution in [2.45, 2.75) is 26.7 Å². The predicted octanol–water partition coefficient (Wildman–Crippen LogP) is 2.61. The Morgan fingerprint density at radius 3 is 3.00 bits per heavy atom. The van der Waals surface area contributed by atoms with Crippen molar-refractivity contribution in [2.24, 2.45) is 18.9 Å². The van der Waals surface area contributed by atoms with Gasteiger partial charge in [0.1, 0.15) is 5.69 Å². The summed E-state index contributed by atoms with van der Waals surface area (Å²) in [6.07, 6.45) is 1.73. The lowest BCUT2D eigenvalue weighted by atomic mass is 9.96. The molecular weight excluding hydrogens is 330 g/mol. The van der Waals surface area contributed by atoms with Crippen molar-refractivity contribution in [3.8, 4) is 11.5 Å². The second-order valence-corrected chi connectivity index (χ2v) is 7.28. The number of amides is 1. The van der Waals surface area contributed by atoms with Gasteiger partial charge in [0.05, 0.1) is 19.4 Å². The summed E-state index contributed by atoms with van der Waals surface area (Å²) >= 11 is 0. The van der Waals surface area contributed by atoms with Crippen LogP contribution in [0.2, 0.25) is 0 Å². The van der Waals surface area contributed by atoms with E-state index >= 15 is 0 Å². The van der Waals surface area contributed by atoms with E-state index in [4.69, 9.17) is 9.47 Å². The summed E-state index contributed by atoms with van der Waals surface area (Å²) in [5.41, 5.74) is 2.67. The third-order valence-corrected chi connectivity index (χ3v) is 4.58. The molecule has 2 aromatic rings. The van der Waals surface area contributed by atoms with Gasteiger partial charge in [0.15, 0.2) is 11.5 Å². The van der Waals surface area contributed by atoms with Gasteiger partial charge in [0.25, 0.3) is 5.91 Å². The average Bonchev–Trinajstić information content (AvgIpc) is 2.98. The number of nitrogens with one attached hydrogen (secondary N) is 1. The highest BCUT2D eigenvalue weighted by molar-refractivity contribution is 5.92. The molecule has 1 aromatic carbocycles. The number of aryl methyl sites for hydroxylation is 1. The minimum absolute atomic E-state index is 0.0913. The maximum atomic E-state index is 12.5. The van der Waals surface area contributed by atoms with E-state index < -0.39 is 0 Å². The van der Waals surface area contributed by atoms with Crippen molar-refractivity contribution in [3.05, 3.63) is 41.2 Å². The molecule has 0 bridgehead atoms. The number of aromatic nitrogens is 2. The number of carbonyl (C=O) groups excluding carboxylic acids is 1. The molecule has 0 saturated heterocycles. The lowest BCUT2D eigenvalue weighted by Gasteiger charge is -2.26. The molecule has 6 nitrogen and oxygen atoms in total. The molecule has 2 heterocycles. The number of hydrogen-bond acceptors (Lipinski definition) is 4. The van der Waals surface area contributed by atoms with Crippen LogP contribution in [0.1, 0.15) is 35.6 Å². The quantitative estimate of drug-likeness (QED) is 0.863. The van der Waals surface area contributed by atoms with Crippen LogP contribution < -0.4 is 14.8 Å². The Hall–Kier alpha value is -2.50. The van der Waals surface area contributed by atoms with Gasteiger partial charge in [-0.2, -0.15) is 5.10 Å². The van der Waals surface area contributed by atoms with E-state index in [9.17, 15) is 4.79 Å². The molecule has 140 valence electrons. The van der Waals surface area contributed by atoms with Crippen molar-refractivity contribution in [2.75, 3.05) is 20.3 Å². The standard InChI is InChI=1S/C20H27N3O3/c1-13(2)8-16-10-17(23(3)22-16)20(24)21-11-14-9-15-6-5-7-18(25-4)19(15)26-12-14/h5-7,10,13-14H,8-9,11-12H2,1-4H3,(H,21,24)/t14-/m0/s1. The fourth-order valence-corrected chi connectivity index (χ4v) is 3.33. The topological polar surface area (TPSA) is 65.4 Å². The highest BCUT2D eigenvalue weighted by atomic mass is 16.5. The van der Waals surface area contributed by atoms with Gasteiger partial charge < -0.3 is 14.8 Å². The molecular formula is C20H27N3O3. The van der Waals surface area contributed by atoms with Crippen LogP contribution >= 0.6 is 0 Å². The van der Waals surface area contributed by atoms with Gasteiger partial charge in [0.2, 0.25) is 0 Å². The fraction of sp³-hybridized carbons (Fsp3) is 0.500. The highest BCUT2D eigenvalue weighted by Gasteiger charge is 2.23. The molecule has 1 aliphatic heterocycles. The minimum Gasteiger partial charge on any atom is -0.493 e. The van der Waals surface area contributed by atoms with Crippen LogP contribution in [0, 0.1) is 11.8 Å². The van der Waals surface area contributed by atoms with Crippen molar-refractivity contribution in [1.82, 2.24) is 15.1 Å². The van der Waals surface area contributed by atoms with Crippen LogP contribution in [0.5, 0.6) is 11.5 Å². The molecule has 0 spiro atoms. The molecule has 0 aliphatic carbocycles. The highest BCUT2D eigenvalue weighted by Crippen LogP contribution is 2.35. The molecule has 0 unspecified atom stereocenters. The van der Waals surface area contributed by atoms with Gasteiger partial charge in [-0.15, -0.1) is 0 Å². The SMILES string of the molecule is COc1cccc2c1OC[C@H](CNC(=O)c1cc(CC(C)C)nn1C)C2. The second-order valence-electron chi connectivity index (χ2n) is 7.28. The molecule has 1 atom stereocenters. The van der Waals surface area contributed by atoms with E-state index in [-0.39, 0.29) is 11.8 Å². The van der Waals surface area contributed by atoms with Crippen LogP contribution in [-0.2, 0) is 19.9 Å². The fourth-order valence-electron chi connectivity index (χ4n) is 3.33. The Kier molecular flexibility index (Phi) is 5.49. The molecule has 0 saturated carbocycles. The van der Waals surface area contributed by atoms with E-state index in [2.05, 4.69) is 24.3 Å². The third kappa shape index (κ3) is 4.00. The Morgan fingerprint density at radius 1 is 1.46 bits per heavy atom. The molecule has 1 aromatic heterocycles. The average molecular weight is 357 g/mol. The largest absolute Gasteiger partial charge is 0.493 e. The first-order valence-electron chi connectivity index (χ1n) is 9.07. The number of carbonyl (C=O) groups is 1. The van der Waals surface area contributed by atoms with E-state index in [0.29, 0.717) is 24.8 Å². The second kappa shape index (κ2) is 7.81. The van der Waals surface area contributed by atoms with Crippen LogP contribution in [0.25, 0.3) is 0 Å². The number of rotatable bonds is 6. The summed E-state index contributed by atoms with van der Waals surface area (Å²) in [6.45, 7) is 5.42. The number of methoxy groups -OCH3 is 1. The Balaban J connectivity index is 1.59. The summed E-state index contributed by atoms with van der Waals surface area (Å²) in [4.78, 5) is 12.5. The normalized spacial score (nSPS) is 16.1. The minimum atomic E-state index is -0.0913. The van der Waals surface area contributed by atoms with E-state index in [0.717, 1.165) is 35.6 Å². The summed E-state index contributed by atoms with van der Waals surface area (Å²) in [7, 11) is 3.46. The first-order chi connectivity index (χ1) is 12.5. The number of benzene rings is 1. The summed E-state index contributed by atoms with van der Waals surface area (Å²) in [5.74, 6) is 2.24.